The Balaban J connectivity index is 2.13. The van der Waals surface area contributed by atoms with E-state index in [1.54, 1.807) is 0 Å². The number of aryl methyl sites for hydroxylation is 2. The highest BCUT2D eigenvalue weighted by molar-refractivity contribution is 6.31. The third kappa shape index (κ3) is 2.42. The van der Waals surface area contributed by atoms with Gasteiger partial charge in [-0.1, -0.05) is 60.1 Å². The van der Waals surface area contributed by atoms with E-state index in [2.05, 4.69) is 79.5 Å². The van der Waals surface area contributed by atoms with Crippen molar-refractivity contribution >= 4 is 22.5 Å². The second-order valence-electron chi connectivity index (χ2n) is 6.19. The fraction of sp³-hybridized carbons (Fsp3) is 0.0909. The summed E-state index contributed by atoms with van der Waals surface area (Å²) in [4.78, 5) is 3.62. The summed E-state index contributed by atoms with van der Waals surface area (Å²) in [6, 6.07) is 23.0. The first kappa shape index (κ1) is 15.0. The highest BCUT2D eigenvalue weighted by Crippen LogP contribution is 2.41. The molecule has 0 fully saturated rings. The number of H-pyrrole nitrogens is 1. The van der Waals surface area contributed by atoms with Crippen molar-refractivity contribution in [3.63, 3.8) is 0 Å². The number of rotatable bonds is 2. The Morgan fingerprint density at radius 3 is 2.04 bits per heavy atom. The van der Waals surface area contributed by atoms with Crippen molar-refractivity contribution in [1.29, 1.82) is 0 Å². The zero-order chi connectivity index (χ0) is 16.7. The second-order valence-corrected chi connectivity index (χ2v) is 6.63. The molecule has 24 heavy (non-hydrogen) atoms. The largest absolute Gasteiger partial charge is 0.354 e. The lowest BCUT2D eigenvalue weighted by atomic mass is 9.94. The Morgan fingerprint density at radius 1 is 0.750 bits per heavy atom. The lowest BCUT2D eigenvalue weighted by molar-refractivity contribution is 1.39. The average molecular weight is 332 g/mol. The van der Waals surface area contributed by atoms with Crippen LogP contribution in [0.1, 0.15) is 11.1 Å². The summed E-state index contributed by atoms with van der Waals surface area (Å²) in [5, 5.41) is 1.92. The van der Waals surface area contributed by atoms with Crippen LogP contribution in [-0.4, -0.2) is 4.98 Å². The molecule has 0 atom stereocenters. The van der Waals surface area contributed by atoms with E-state index < -0.39 is 0 Å². The summed E-state index contributed by atoms with van der Waals surface area (Å²) in [6.45, 7) is 4.30. The smallest absolute Gasteiger partial charge is 0.0547 e. The number of halogens is 1. The molecule has 3 aromatic carbocycles. The predicted molar refractivity (Wildman–Crippen MR) is 104 cm³/mol. The van der Waals surface area contributed by atoms with E-state index in [0.29, 0.717) is 0 Å². The van der Waals surface area contributed by atoms with Crippen molar-refractivity contribution in [1.82, 2.24) is 4.98 Å². The molecule has 0 bridgehead atoms. The van der Waals surface area contributed by atoms with Gasteiger partial charge < -0.3 is 4.98 Å². The monoisotopic (exact) mass is 331 g/mol. The first-order chi connectivity index (χ1) is 11.6. The Kier molecular flexibility index (Phi) is 3.66. The molecule has 118 valence electrons. The molecule has 0 spiro atoms. The molecule has 0 radical (unpaired) electrons. The minimum Gasteiger partial charge on any atom is -0.354 e. The Hall–Kier alpha value is -2.51. The van der Waals surface area contributed by atoms with Crippen molar-refractivity contribution < 1.29 is 0 Å². The maximum atomic E-state index is 6.29. The van der Waals surface area contributed by atoms with Gasteiger partial charge in [-0.05, 0) is 48.7 Å². The second kappa shape index (κ2) is 5.85. The molecule has 1 nitrogen and oxygen atoms in total. The van der Waals surface area contributed by atoms with Gasteiger partial charge in [0.05, 0.1) is 5.69 Å². The standard InChI is InChI=1S/C22H18ClN/c1-14-7-3-5-9-17(14)21-19-13-16(23)11-12-20(19)24-22(21)18-10-6-4-8-15(18)2/h3-13,24H,1-2H3. The van der Waals surface area contributed by atoms with E-state index >= 15 is 0 Å². The summed E-state index contributed by atoms with van der Waals surface area (Å²) >= 11 is 6.29. The van der Waals surface area contributed by atoms with Gasteiger partial charge in [0.25, 0.3) is 0 Å². The predicted octanol–water partition coefficient (Wildman–Crippen LogP) is 6.77. The third-order valence-corrected chi connectivity index (χ3v) is 4.82. The summed E-state index contributed by atoms with van der Waals surface area (Å²) in [5.41, 5.74) is 8.46. The molecule has 4 aromatic rings. The molecule has 4 rings (SSSR count). The number of aromatic nitrogens is 1. The minimum absolute atomic E-state index is 0.757. The van der Waals surface area contributed by atoms with Crippen molar-refractivity contribution in [3.8, 4) is 22.4 Å². The SMILES string of the molecule is Cc1ccccc1-c1[nH]c2ccc(Cl)cc2c1-c1ccccc1C. The van der Waals surface area contributed by atoms with Crippen LogP contribution in [0.25, 0.3) is 33.3 Å². The zero-order valence-electron chi connectivity index (χ0n) is 13.7. The van der Waals surface area contributed by atoms with Crippen molar-refractivity contribution in [2.45, 2.75) is 13.8 Å². The number of benzene rings is 3. The number of hydrogen-bond acceptors (Lipinski definition) is 0. The minimum atomic E-state index is 0.757. The zero-order valence-corrected chi connectivity index (χ0v) is 14.5. The van der Waals surface area contributed by atoms with Gasteiger partial charge in [-0.3, -0.25) is 0 Å². The van der Waals surface area contributed by atoms with Crippen LogP contribution in [0.5, 0.6) is 0 Å². The van der Waals surface area contributed by atoms with Crippen molar-refractivity contribution in [2.24, 2.45) is 0 Å². The summed E-state index contributed by atoms with van der Waals surface area (Å²) in [5.74, 6) is 0. The third-order valence-electron chi connectivity index (χ3n) is 4.59. The molecular weight excluding hydrogens is 314 g/mol. The molecular formula is C22H18ClN. The number of nitrogens with one attached hydrogen (secondary N) is 1. The topological polar surface area (TPSA) is 15.8 Å². The quantitative estimate of drug-likeness (QED) is 0.417. The molecule has 0 saturated carbocycles. The lowest BCUT2D eigenvalue weighted by Crippen LogP contribution is -1.88. The molecule has 0 amide bonds. The summed E-state index contributed by atoms with van der Waals surface area (Å²) in [7, 11) is 0. The number of aromatic amines is 1. The molecule has 0 aliphatic heterocycles. The first-order valence-corrected chi connectivity index (χ1v) is 8.46. The van der Waals surface area contributed by atoms with Crippen LogP contribution in [0.4, 0.5) is 0 Å². The van der Waals surface area contributed by atoms with Gasteiger partial charge in [0.15, 0.2) is 0 Å². The van der Waals surface area contributed by atoms with E-state index in [1.165, 1.54) is 27.8 Å². The van der Waals surface area contributed by atoms with Gasteiger partial charge in [-0.2, -0.15) is 0 Å². The molecule has 0 aliphatic rings. The first-order valence-electron chi connectivity index (χ1n) is 8.08. The summed E-state index contributed by atoms with van der Waals surface area (Å²) in [6.07, 6.45) is 0. The highest BCUT2D eigenvalue weighted by atomic mass is 35.5. The van der Waals surface area contributed by atoms with Crippen LogP contribution >= 0.6 is 11.6 Å². The van der Waals surface area contributed by atoms with E-state index in [9.17, 15) is 0 Å². The lowest BCUT2D eigenvalue weighted by Gasteiger charge is -2.10. The van der Waals surface area contributed by atoms with E-state index in [-0.39, 0.29) is 0 Å². The fourth-order valence-corrected chi connectivity index (χ4v) is 3.52. The maximum Gasteiger partial charge on any atom is 0.0547 e. The average Bonchev–Trinajstić information content (AvgIpc) is 2.94. The van der Waals surface area contributed by atoms with Gasteiger partial charge >= 0.3 is 0 Å². The van der Waals surface area contributed by atoms with Gasteiger partial charge in [0.1, 0.15) is 0 Å². The van der Waals surface area contributed by atoms with Gasteiger partial charge in [0, 0.05) is 27.1 Å². The summed E-state index contributed by atoms with van der Waals surface area (Å²) < 4.78 is 0. The molecule has 1 aromatic heterocycles. The Morgan fingerprint density at radius 2 is 1.38 bits per heavy atom. The van der Waals surface area contributed by atoms with E-state index in [4.69, 9.17) is 11.6 Å². The Labute approximate surface area is 146 Å². The highest BCUT2D eigenvalue weighted by Gasteiger charge is 2.17. The van der Waals surface area contributed by atoms with Crippen LogP contribution in [-0.2, 0) is 0 Å². The van der Waals surface area contributed by atoms with Crippen LogP contribution < -0.4 is 0 Å². The molecule has 1 heterocycles. The van der Waals surface area contributed by atoms with Crippen LogP contribution in [0.3, 0.4) is 0 Å². The van der Waals surface area contributed by atoms with Crippen molar-refractivity contribution in [3.05, 3.63) is 82.9 Å². The number of fused-ring (bicyclic) bond motifs is 1. The normalized spacial score (nSPS) is 11.1. The molecule has 0 aliphatic carbocycles. The van der Waals surface area contributed by atoms with Gasteiger partial charge in [0.2, 0.25) is 0 Å². The van der Waals surface area contributed by atoms with Crippen LogP contribution in [0.2, 0.25) is 5.02 Å². The van der Waals surface area contributed by atoms with Crippen molar-refractivity contribution in [2.75, 3.05) is 0 Å². The fourth-order valence-electron chi connectivity index (χ4n) is 3.35. The molecule has 2 heteroatoms. The van der Waals surface area contributed by atoms with E-state index in [0.717, 1.165) is 21.6 Å². The molecule has 1 N–H and O–H groups in total. The molecule has 0 unspecified atom stereocenters. The maximum absolute atomic E-state index is 6.29. The van der Waals surface area contributed by atoms with Gasteiger partial charge in [-0.15, -0.1) is 0 Å². The van der Waals surface area contributed by atoms with Gasteiger partial charge in [-0.25, -0.2) is 0 Å². The van der Waals surface area contributed by atoms with Crippen LogP contribution in [0, 0.1) is 13.8 Å². The molecule has 0 saturated heterocycles. The van der Waals surface area contributed by atoms with E-state index in [1.807, 2.05) is 6.07 Å². The number of hydrogen-bond donors (Lipinski definition) is 1. The Bertz CT molecular complexity index is 1040. The van der Waals surface area contributed by atoms with Crippen LogP contribution in [0.15, 0.2) is 66.7 Å².